The van der Waals surface area contributed by atoms with Crippen LogP contribution in [0.25, 0.3) is 0 Å². The second kappa shape index (κ2) is 4.14. The molecule has 0 aromatic carbocycles. The highest BCUT2D eigenvalue weighted by Gasteiger charge is 2.32. The zero-order chi connectivity index (χ0) is 10.8. The van der Waals surface area contributed by atoms with E-state index < -0.39 is 9.84 Å². The number of hydrogen-bond acceptors (Lipinski definition) is 3. The highest BCUT2D eigenvalue weighted by atomic mass is 32.2. The molecule has 0 aromatic heterocycles. The van der Waals surface area contributed by atoms with Crippen LogP contribution in [0.5, 0.6) is 0 Å². The lowest BCUT2D eigenvalue weighted by atomic mass is 9.86. The molecule has 1 aliphatic carbocycles. The molecule has 1 fully saturated rings. The van der Waals surface area contributed by atoms with Gasteiger partial charge in [0.25, 0.3) is 0 Å². The minimum absolute atomic E-state index is 0.169. The van der Waals surface area contributed by atoms with Crippen LogP contribution in [0, 0.1) is 17.2 Å². The maximum atomic E-state index is 11.6. The summed E-state index contributed by atoms with van der Waals surface area (Å²) < 4.78 is 23.2. The van der Waals surface area contributed by atoms with Crippen molar-refractivity contribution in [1.29, 1.82) is 5.26 Å². The molecule has 1 aliphatic rings. The Hall–Kier alpha value is -0.820. The number of allylic oxidation sites excluding steroid dienone is 1. The van der Waals surface area contributed by atoms with Gasteiger partial charge in [0.2, 0.25) is 0 Å². The number of nitrogens with zero attached hydrogens (tertiary/aromatic N) is 1. The molecule has 2 unspecified atom stereocenters. The Labute approximate surface area is 85.3 Å². The minimum Gasteiger partial charge on any atom is -0.229 e. The van der Waals surface area contributed by atoms with E-state index in [1.54, 1.807) is 6.92 Å². The Balaban J connectivity index is 2.79. The second-order valence-electron chi connectivity index (χ2n) is 3.69. The van der Waals surface area contributed by atoms with E-state index in [4.69, 9.17) is 5.26 Å². The van der Waals surface area contributed by atoms with E-state index in [1.165, 1.54) is 0 Å². The van der Waals surface area contributed by atoms with Crippen molar-refractivity contribution < 1.29 is 8.42 Å². The predicted octanol–water partition coefficient (Wildman–Crippen LogP) is 1.67. The first-order valence-electron chi connectivity index (χ1n) is 4.80. The average molecular weight is 213 g/mol. The molecule has 0 amide bonds. The summed E-state index contributed by atoms with van der Waals surface area (Å²) in [7, 11) is -2.98. The maximum Gasteiger partial charge on any atom is 0.152 e. The van der Waals surface area contributed by atoms with E-state index in [9.17, 15) is 8.42 Å². The molecule has 0 heterocycles. The van der Waals surface area contributed by atoms with Crippen molar-refractivity contribution >= 4 is 9.84 Å². The summed E-state index contributed by atoms with van der Waals surface area (Å²) in [5, 5.41) is 8.48. The largest absolute Gasteiger partial charge is 0.229 e. The van der Waals surface area contributed by atoms with E-state index in [0.29, 0.717) is 19.3 Å². The van der Waals surface area contributed by atoms with Crippen molar-refractivity contribution in [3.63, 3.8) is 0 Å². The summed E-state index contributed by atoms with van der Waals surface area (Å²) in [5.74, 6) is -0.0995. The molecule has 0 bridgehead atoms. The van der Waals surface area contributed by atoms with Crippen LogP contribution in [0.2, 0.25) is 0 Å². The van der Waals surface area contributed by atoms with Gasteiger partial charge in [-0.05, 0) is 19.3 Å². The van der Waals surface area contributed by atoms with Crippen LogP contribution in [0.3, 0.4) is 0 Å². The molecule has 2 atom stereocenters. The third-order valence-corrected chi connectivity index (χ3v) is 5.09. The van der Waals surface area contributed by atoms with Crippen molar-refractivity contribution in [2.45, 2.75) is 31.4 Å². The van der Waals surface area contributed by atoms with Gasteiger partial charge < -0.3 is 0 Å². The fraction of sp³-hybridized carbons (Fsp3) is 0.700. The van der Waals surface area contributed by atoms with Crippen LogP contribution in [-0.4, -0.2) is 19.4 Å². The van der Waals surface area contributed by atoms with Crippen molar-refractivity contribution in [2.24, 2.45) is 5.92 Å². The molecule has 4 heteroatoms. The van der Waals surface area contributed by atoms with E-state index in [0.717, 1.165) is 5.57 Å². The zero-order valence-electron chi connectivity index (χ0n) is 8.36. The smallest absolute Gasteiger partial charge is 0.152 e. The Morgan fingerprint density at radius 2 is 2.29 bits per heavy atom. The molecule has 0 aliphatic heterocycles. The van der Waals surface area contributed by atoms with E-state index in [1.807, 2.05) is 0 Å². The standard InChI is InChI=1S/C10H15NO2S/c1-3-14(12,13)10-5-4-8(2)9(6-10)7-11/h9-10H,2-6H2,1H3. The van der Waals surface area contributed by atoms with Gasteiger partial charge in [-0.25, -0.2) is 8.42 Å². The van der Waals surface area contributed by atoms with Gasteiger partial charge in [-0.15, -0.1) is 0 Å². The summed E-state index contributed by atoms with van der Waals surface area (Å²) >= 11 is 0. The number of nitriles is 1. The molecule has 0 spiro atoms. The van der Waals surface area contributed by atoms with Crippen LogP contribution in [0.1, 0.15) is 26.2 Å². The lowest BCUT2D eigenvalue weighted by molar-refractivity contribution is 0.501. The van der Waals surface area contributed by atoms with Gasteiger partial charge in [-0.3, -0.25) is 0 Å². The topological polar surface area (TPSA) is 57.9 Å². The van der Waals surface area contributed by atoms with Crippen molar-refractivity contribution in [2.75, 3.05) is 5.75 Å². The number of sulfone groups is 1. The molecule has 0 aromatic rings. The highest BCUT2D eigenvalue weighted by molar-refractivity contribution is 7.92. The second-order valence-corrected chi connectivity index (χ2v) is 6.26. The Morgan fingerprint density at radius 3 is 2.79 bits per heavy atom. The monoisotopic (exact) mass is 213 g/mol. The van der Waals surface area contributed by atoms with Gasteiger partial charge in [0.05, 0.1) is 17.2 Å². The quantitative estimate of drug-likeness (QED) is 0.655. The maximum absolute atomic E-state index is 11.6. The van der Waals surface area contributed by atoms with Crippen molar-refractivity contribution in [3.05, 3.63) is 12.2 Å². The SMILES string of the molecule is C=C1CCC(S(=O)(=O)CC)CC1C#N. The first kappa shape index (κ1) is 11.3. The molecular formula is C10H15NO2S. The summed E-state index contributed by atoms with van der Waals surface area (Å²) in [6, 6.07) is 2.12. The molecule has 1 rings (SSSR count). The molecule has 0 N–H and O–H groups in total. The molecule has 14 heavy (non-hydrogen) atoms. The van der Waals surface area contributed by atoms with Gasteiger partial charge in [0.15, 0.2) is 9.84 Å². The van der Waals surface area contributed by atoms with Gasteiger partial charge in [-0.2, -0.15) is 5.26 Å². The van der Waals surface area contributed by atoms with Gasteiger partial charge in [0.1, 0.15) is 0 Å². The lowest BCUT2D eigenvalue weighted by Gasteiger charge is -2.26. The molecule has 3 nitrogen and oxygen atoms in total. The first-order chi connectivity index (χ1) is 6.51. The van der Waals surface area contributed by atoms with Crippen molar-refractivity contribution in [3.8, 4) is 6.07 Å². The Bertz CT molecular complexity index is 364. The van der Waals surface area contributed by atoms with Gasteiger partial charge in [0, 0.05) is 5.75 Å². The molecule has 78 valence electrons. The van der Waals surface area contributed by atoms with E-state index in [2.05, 4.69) is 12.6 Å². The lowest BCUT2D eigenvalue weighted by Crippen LogP contribution is -2.29. The third kappa shape index (κ3) is 2.16. The Morgan fingerprint density at radius 1 is 1.64 bits per heavy atom. The molecule has 0 radical (unpaired) electrons. The fourth-order valence-corrected chi connectivity index (χ4v) is 3.21. The predicted molar refractivity (Wildman–Crippen MR) is 55.3 cm³/mol. The summed E-state index contributed by atoms with van der Waals surface area (Å²) in [6.07, 6.45) is 1.74. The zero-order valence-corrected chi connectivity index (χ0v) is 9.18. The van der Waals surface area contributed by atoms with Crippen LogP contribution in [-0.2, 0) is 9.84 Å². The summed E-state index contributed by atoms with van der Waals surface area (Å²) in [4.78, 5) is 0. The highest BCUT2D eigenvalue weighted by Crippen LogP contribution is 2.31. The van der Waals surface area contributed by atoms with Crippen molar-refractivity contribution in [1.82, 2.24) is 0 Å². The molecule has 0 saturated heterocycles. The molecule has 1 saturated carbocycles. The normalized spacial score (nSPS) is 28.4. The van der Waals surface area contributed by atoms with E-state index in [-0.39, 0.29) is 16.9 Å². The molecular weight excluding hydrogens is 198 g/mol. The van der Waals surface area contributed by atoms with Crippen LogP contribution in [0.15, 0.2) is 12.2 Å². The summed E-state index contributed by atoms with van der Waals surface area (Å²) in [5.41, 5.74) is 0.884. The summed E-state index contributed by atoms with van der Waals surface area (Å²) in [6.45, 7) is 5.44. The van der Waals surface area contributed by atoms with Crippen LogP contribution in [0.4, 0.5) is 0 Å². The number of hydrogen-bond donors (Lipinski definition) is 0. The van der Waals surface area contributed by atoms with Gasteiger partial charge >= 0.3 is 0 Å². The van der Waals surface area contributed by atoms with Crippen LogP contribution < -0.4 is 0 Å². The van der Waals surface area contributed by atoms with E-state index >= 15 is 0 Å². The fourth-order valence-electron chi connectivity index (χ4n) is 1.77. The third-order valence-electron chi connectivity index (χ3n) is 2.84. The minimum atomic E-state index is -2.98. The first-order valence-corrected chi connectivity index (χ1v) is 6.51. The average Bonchev–Trinajstić information content (AvgIpc) is 2.18. The van der Waals surface area contributed by atoms with Crippen LogP contribution >= 0.6 is 0 Å². The number of rotatable bonds is 2. The Kier molecular flexibility index (Phi) is 3.33. The van der Waals surface area contributed by atoms with Gasteiger partial charge in [-0.1, -0.05) is 19.1 Å².